The lowest BCUT2D eigenvalue weighted by Crippen LogP contribution is -2.28. The molecule has 21 heavy (non-hydrogen) atoms. The predicted octanol–water partition coefficient (Wildman–Crippen LogP) is 1.61. The molecule has 0 aliphatic carbocycles. The van der Waals surface area contributed by atoms with Gasteiger partial charge >= 0.3 is 0 Å². The van der Waals surface area contributed by atoms with Gasteiger partial charge in [0.1, 0.15) is 11.6 Å². The van der Waals surface area contributed by atoms with Gasteiger partial charge in [-0.3, -0.25) is 4.79 Å². The molecule has 1 heterocycles. The van der Waals surface area contributed by atoms with Gasteiger partial charge in [-0.2, -0.15) is 0 Å². The fourth-order valence-corrected chi connectivity index (χ4v) is 2.45. The molecule has 5 N–H and O–H groups in total. The molecule has 1 aromatic carbocycles. The van der Waals surface area contributed by atoms with E-state index in [0.717, 1.165) is 5.56 Å². The number of nitrogens with two attached hydrogens (primary N) is 2. The van der Waals surface area contributed by atoms with Gasteiger partial charge in [-0.15, -0.1) is 0 Å². The number of carbonyl (C=O) groups is 1. The van der Waals surface area contributed by atoms with E-state index >= 15 is 0 Å². The summed E-state index contributed by atoms with van der Waals surface area (Å²) in [5, 5.41) is 3.32. The second kappa shape index (κ2) is 6.94. The SMILES string of the molecule is CC(NC(=O)CSc1nc(N)cc(N)n1)c1ccccc1. The summed E-state index contributed by atoms with van der Waals surface area (Å²) in [5.74, 6) is 0.701. The number of aromatic nitrogens is 2. The molecule has 1 amide bonds. The average molecular weight is 303 g/mol. The van der Waals surface area contributed by atoms with Crippen molar-refractivity contribution < 1.29 is 4.79 Å². The first kappa shape index (κ1) is 15.1. The monoisotopic (exact) mass is 303 g/mol. The van der Waals surface area contributed by atoms with Crippen LogP contribution in [-0.2, 0) is 4.79 Å². The van der Waals surface area contributed by atoms with Crippen LogP contribution in [0.25, 0.3) is 0 Å². The Morgan fingerprint density at radius 1 is 1.24 bits per heavy atom. The van der Waals surface area contributed by atoms with Crippen molar-refractivity contribution in [1.29, 1.82) is 0 Å². The van der Waals surface area contributed by atoms with Crippen molar-refractivity contribution in [2.75, 3.05) is 17.2 Å². The van der Waals surface area contributed by atoms with E-state index < -0.39 is 0 Å². The van der Waals surface area contributed by atoms with Gasteiger partial charge in [-0.25, -0.2) is 9.97 Å². The lowest BCUT2D eigenvalue weighted by atomic mass is 10.1. The third-order valence-corrected chi connectivity index (χ3v) is 3.60. The Morgan fingerprint density at radius 2 is 1.86 bits per heavy atom. The molecule has 0 spiro atoms. The molecule has 2 rings (SSSR count). The van der Waals surface area contributed by atoms with Crippen LogP contribution in [0.15, 0.2) is 41.6 Å². The van der Waals surface area contributed by atoms with Gasteiger partial charge in [0.05, 0.1) is 11.8 Å². The fraction of sp³-hybridized carbons (Fsp3) is 0.214. The highest BCUT2D eigenvalue weighted by molar-refractivity contribution is 7.99. The lowest BCUT2D eigenvalue weighted by molar-refractivity contribution is -0.119. The number of hydrogen-bond donors (Lipinski definition) is 3. The molecule has 0 aliphatic rings. The van der Waals surface area contributed by atoms with Crippen LogP contribution in [0.5, 0.6) is 0 Å². The minimum absolute atomic E-state index is 0.0499. The third-order valence-electron chi connectivity index (χ3n) is 2.75. The van der Waals surface area contributed by atoms with Gasteiger partial charge < -0.3 is 16.8 Å². The van der Waals surface area contributed by atoms with Crippen molar-refractivity contribution in [3.8, 4) is 0 Å². The first-order valence-electron chi connectivity index (χ1n) is 6.41. The van der Waals surface area contributed by atoms with Gasteiger partial charge in [0.2, 0.25) is 5.91 Å². The van der Waals surface area contributed by atoms with Crippen LogP contribution in [0, 0.1) is 0 Å². The standard InChI is InChI=1S/C14H17N5OS/c1-9(10-5-3-2-4-6-10)17-13(20)8-21-14-18-11(15)7-12(16)19-14/h2-7,9H,8H2,1H3,(H,17,20)(H4,15,16,18,19). The van der Waals surface area contributed by atoms with E-state index in [-0.39, 0.29) is 17.7 Å². The number of thioether (sulfide) groups is 1. The molecule has 2 aromatic rings. The van der Waals surface area contributed by atoms with Crippen LogP contribution in [0.2, 0.25) is 0 Å². The molecule has 0 saturated carbocycles. The molecule has 0 fully saturated rings. The van der Waals surface area contributed by atoms with Gasteiger partial charge in [0.25, 0.3) is 0 Å². The Kier molecular flexibility index (Phi) is 4.99. The summed E-state index contributed by atoms with van der Waals surface area (Å²) in [6.07, 6.45) is 0. The molecule has 0 aliphatic heterocycles. The zero-order chi connectivity index (χ0) is 15.2. The highest BCUT2D eigenvalue weighted by atomic mass is 32.2. The summed E-state index contributed by atoms with van der Waals surface area (Å²) in [7, 11) is 0. The van der Waals surface area contributed by atoms with Crippen LogP contribution < -0.4 is 16.8 Å². The van der Waals surface area contributed by atoms with E-state index in [1.165, 1.54) is 17.8 Å². The molecular weight excluding hydrogens is 286 g/mol. The minimum Gasteiger partial charge on any atom is -0.383 e. The second-order valence-electron chi connectivity index (χ2n) is 4.49. The van der Waals surface area contributed by atoms with Crippen LogP contribution in [0.3, 0.4) is 0 Å². The Morgan fingerprint density at radius 3 is 2.48 bits per heavy atom. The summed E-state index contributed by atoms with van der Waals surface area (Å²) in [4.78, 5) is 19.9. The molecule has 0 saturated heterocycles. The molecule has 1 aromatic heterocycles. The number of benzene rings is 1. The zero-order valence-electron chi connectivity index (χ0n) is 11.6. The number of nitrogens with zero attached hydrogens (tertiary/aromatic N) is 2. The van der Waals surface area contributed by atoms with E-state index in [4.69, 9.17) is 11.5 Å². The number of amides is 1. The van der Waals surface area contributed by atoms with Crippen molar-refractivity contribution >= 4 is 29.3 Å². The maximum absolute atomic E-state index is 11.9. The van der Waals surface area contributed by atoms with Crippen molar-refractivity contribution in [2.45, 2.75) is 18.1 Å². The molecule has 0 bridgehead atoms. The summed E-state index contributed by atoms with van der Waals surface area (Å²) in [6, 6.07) is 11.2. The number of nitrogens with one attached hydrogen (secondary N) is 1. The van der Waals surface area contributed by atoms with E-state index in [1.807, 2.05) is 37.3 Å². The highest BCUT2D eigenvalue weighted by Gasteiger charge is 2.10. The van der Waals surface area contributed by atoms with Gasteiger partial charge in [0.15, 0.2) is 5.16 Å². The molecule has 1 unspecified atom stereocenters. The largest absolute Gasteiger partial charge is 0.383 e. The Hall–Kier alpha value is -2.28. The second-order valence-corrected chi connectivity index (χ2v) is 5.43. The molecular formula is C14H17N5OS. The van der Waals surface area contributed by atoms with Gasteiger partial charge in [-0.1, -0.05) is 42.1 Å². The number of carbonyl (C=O) groups excluding carboxylic acids is 1. The smallest absolute Gasteiger partial charge is 0.230 e. The first-order chi connectivity index (χ1) is 10.0. The third kappa shape index (κ3) is 4.64. The summed E-state index contributed by atoms with van der Waals surface area (Å²) < 4.78 is 0. The number of hydrogen-bond acceptors (Lipinski definition) is 6. The first-order valence-corrected chi connectivity index (χ1v) is 7.40. The number of nitrogen functional groups attached to an aromatic ring is 2. The van der Waals surface area contributed by atoms with Crippen molar-refractivity contribution in [1.82, 2.24) is 15.3 Å². The average Bonchev–Trinajstić information content (AvgIpc) is 2.45. The molecule has 0 radical (unpaired) electrons. The highest BCUT2D eigenvalue weighted by Crippen LogP contribution is 2.17. The van der Waals surface area contributed by atoms with Crippen molar-refractivity contribution in [3.05, 3.63) is 42.0 Å². The maximum atomic E-state index is 11.9. The zero-order valence-corrected chi connectivity index (χ0v) is 12.4. The topological polar surface area (TPSA) is 107 Å². The summed E-state index contributed by atoms with van der Waals surface area (Å²) in [6.45, 7) is 1.94. The Labute approximate surface area is 127 Å². The normalized spacial score (nSPS) is 11.9. The number of rotatable bonds is 5. The van der Waals surface area contributed by atoms with Crippen LogP contribution in [-0.4, -0.2) is 21.6 Å². The van der Waals surface area contributed by atoms with E-state index in [9.17, 15) is 4.79 Å². The van der Waals surface area contributed by atoms with E-state index in [0.29, 0.717) is 16.8 Å². The van der Waals surface area contributed by atoms with Crippen LogP contribution in [0.1, 0.15) is 18.5 Å². The summed E-state index contributed by atoms with van der Waals surface area (Å²) in [5.41, 5.74) is 12.2. The molecule has 7 heteroatoms. The number of anilines is 2. The lowest BCUT2D eigenvalue weighted by Gasteiger charge is -2.13. The van der Waals surface area contributed by atoms with Crippen LogP contribution >= 0.6 is 11.8 Å². The van der Waals surface area contributed by atoms with Crippen molar-refractivity contribution in [2.24, 2.45) is 0 Å². The predicted molar refractivity (Wildman–Crippen MR) is 84.6 cm³/mol. The minimum atomic E-state index is -0.0963. The fourth-order valence-electron chi connectivity index (χ4n) is 1.76. The van der Waals surface area contributed by atoms with Gasteiger partial charge in [0, 0.05) is 6.07 Å². The van der Waals surface area contributed by atoms with E-state index in [1.54, 1.807) is 0 Å². The van der Waals surface area contributed by atoms with E-state index in [2.05, 4.69) is 15.3 Å². The molecule has 6 nitrogen and oxygen atoms in total. The Balaban J connectivity index is 1.87. The quantitative estimate of drug-likeness (QED) is 0.572. The molecule has 110 valence electrons. The van der Waals surface area contributed by atoms with Gasteiger partial charge in [-0.05, 0) is 12.5 Å². The van der Waals surface area contributed by atoms with Crippen molar-refractivity contribution in [3.63, 3.8) is 0 Å². The molecule has 1 atom stereocenters. The van der Waals surface area contributed by atoms with Crippen LogP contribution in [0.4, 0.5) is 11.6 Å². The Bertz CT molecular complexity index is 600. The summed E-state index contributed by atoms with van der Waals surface area (Å²) >= 11 is 1.20. The maximum Gasteiger partial charge on any atom is 0.230 e.